The van der Waals surface area contributed by atoms with Crippen molar-refractivity contribution in [3.8, 4) is 5.75 Å². The molecule has 0 aliphatic carbocycles. The van der Waals surface area contributed by atoms with Crippen molar-refractivity contribution in [3.05, 3.63) is 53.6 Å². The van der Waals surface area contributed by atoms with Crippen LogP contribution in [0.15, 0.2) is 42.5 Å². The van der Waals surface area contributed by atoms with E-state index in [-0.39, 0.29) is 0 Å². The summed E-state index contributed by atoms with van der Waals surface area (Å²) in [4.78, 5) is 2.08. The van der Waals surface area contributed by atoms with Crippen molar-refractivity contribution in [2.24, 2.45) is 0 Å². The molecule has 2 rings (SSSR count). The van der Waals surface area contributed by atoms with Gasteiger partial charge in [-0.05, 0) is 37.6 Å². The Morgan fingerprint density at radius 3 is 2.30 bits per heavy atom. The van der Waals surface area contributed by atoms with E-state index in [1.807, 2.05) is 37.4 Å². The van der Waals surface area contributed by atoms with Gasteiger partial charge in [0.1, 0.15) is 5.75 Å². The molecule has 0 unspecified atom stereocenters. The number of para-hydroxylation sites is 1. The van der Waals surface area contributed by atoms with E-state index in [1.165, 1.54) is 5.56 Å². The van der Waals surface area contributed by atoms with E-state index in [0.717, 1.165) is 16.9 Å². The Morgan fingerprint density at radius 2 is 1.70 bits per heavy atom. The number of hydrogen-bond donors (Lipinski definition) is 1. The van der Waals surface area contributed by atoms with Gasteiger partial charge in [-0.25, -0.2) is 0 Å². The van der Waals surface area contributed by atoms with Crippen LogP contribution in [0, 0.1) is 6.92 Å². The van der Waals surface area contributed by atoms with Crippen LogP contribution in [0.4, 0.5) is 11.4 Å². The fourth-order valence-corrected chi connectivity index (χ4v) is 2.49. The zero-order valence-corrected chi connectivity index (χ0v) is 12.4. The number of anilines is 2. The van der Waals surface area contributed by atoms with Crippen LogP contribution in [0.5, 0.6) is 5.75 Å². The fraction of sp³-hybridized carbons (Fsp3) is 0.294. The molecule has 1 N–H and O–H groups in total. The topological polar surface area (TPSA) is 32.7 Å². The Morgan fingerprint density at radius 1 is 1.05 bits per heavy atom. The molecule has 106 valence electrons. The van der Waals surface area contributed by atoms with Gasteiger partial charge in [-0.15, -0.1) is 0 Å². The van der Waals surface area contributed by atoms with Gasteiger partial charge in [0, 0.05) is 18.3 Å². The van der Waals surface area contributed by atoms with Crippen LogP contribution in [0.3, 0.4) is 0 Å². The van der Waals surface area contributed by atoms with Crippen molar-refractivity contribution < 1.29 is 9.84 Å². The Bertz CT molecular complexity index is 593. The molecule has 0 aromatic heterocycles. The predicted molar refractivity (Wildman–Crippen MR) is 82.9 cm³/mol. The summed E-state index contributed by atoms with van der Waals surface area (Å²) in [5.74, 6) is 0.706. The maximum absolute atomic E-state index is 10.1. The summed E-state index contributed by atoms with van der Waals surface area (Å²) in [6.45, 7) is 3.83. The number of benzene rings is 2. The van der Waals surface area contributed by atoms with E-state index in [9.17, 15) is 5.11 Å². The molecule has 0 spiro atoms. The summed E-state index contributed by atoms with van der Waals surface area (Å²) in [5.41, 5.74) is 4.06. The van der Waals surface area contributed by atoms with Gasteiger partial charge in [-0.1, -0.05) is 24.3 Å². The second-order valence-corrected chi connectivity index (χ2v) is 4.91. The summed E-state index contributed by atoms with van der Waals surface area (Å²) in [7, 11) is 3.63. The van der Waals surface area contributed by atoms with Crippen molar-refractivity contribution >= 4 is 11.4 Å². The SMILES string of the molecule is COc1cccc(N(C)c2ccccc2C)c1[C@@H](C)O. The van der Waals surface area contributed by atoms with Gasteiger partial charge in [0.15, 0.2) is 0 Å². The van der Waals surface area contributed by atoms with Crippen molar-refractivity contribution in [2.75, 3.05) is 19.1 Å². The molecule has 3 heteroatoms. The van der Waals surface area contributed by atoms with E-state index in [4.69, 9.17) is 4.74 Å². The highest BCUT2D eigenvalue weighted by Crippen LogP contribution is 2.37. The minimum atomic E-state index is -0.590. The second kappa shape index (κ2) is 5.97. The van der Waals surface area contributed by atoms with Crippen molar-refractivity contribution in [2.45, 2.75) is 20.0 Å². The third-order valence-corrected chi connectivity index (χ3v) is 3.52. The lowest BCUT2D eigenvalue weighted by Gasteiger charge is -2.26. The molecular weight excluding hydrogens is 250 g/mol. The molecule has 0 bridgehead atoms. The Labute approximate surface area is 120 Å². The average Bonchev–Trinajstić information content (AvgIpc) is 2.46. The molecule has 2 aromatic rings. The van der Waals surface area contributed by atoms with Gasteiger partial charge in [-0.2, -0.15) is 0 Å². The number of hydrogen-bond acceptors (Lipinski definition) is 3. The standard InChI is InChI=1S/C17H21NO2/c1-12-8-5-6-9-14(12)18(3)15-10-7-11-16(20-4)17(15)13(2)19/h5-11,13,19H,1-4H3/t13-/m1/s1. The average molecular weight is 271 g/mol. The van der Waals surface area contributed by atoms with Gasteiger partial charge < -0.3 is 14.7 Å². The van der Waals surface area contributed by atoms with Gasteiger partial charge in [-0.3, -0.25) is 0 Å². The molecule has 0 fully saturated rings. The van der Waals surface area contributed by atoms with Gasteiger partial charge in [0.2, 0.25) is 0 Å². The van der Waals surface area contributed by atoms with E-state index >= 15 is 0 Å². The van der Waals surface area contributed by atoms with E-state index < -0.39 is 6.10 Å². The number of aliphatic hydroxyl groups is 1. The normalized spacial score (nSPS) is 12.1. The molecule has 0 amide bonds. The fourth-order valence-electron chi connectivity index (χ4n) is 2.49. The lowest BCUT2D eigenvalue weighted by molar-refractivity contribution is 0.195. The van der Waals surface area contributed by atoms with Crippen molar-refractivity contribution in [1.82, 2.24) is 0 Å². The number of rotatable bonds is 4. The maximum atomic E-state index is 10.1. The number of ether oxygens (including phenoxy) is 1. The van der Waals surface area contributed by atoms with Crippen molar-refractivity contribution in [1.29, 1.82) is 0 Å². The molecule has 0 aliphatic heterocycles. The van der Waals surface area contributed by atoms with Crippen LogP contribution in [0.25, 0.3) is 0 Å². The van der Waals surface area contributed by atoms with Crippen LogP contribution >= 0.6 is 0 Å². The summed E-state index contributed by atoms with van der Waals surface area (Å²) in [5, 5.41) is 10.1. The largest absolute Gasteiger partial charge is 0.496 e. The number of aryl methyl sites for hydroxylation is 1. The molecule has 3 nitrogen and oxygen atoms in total. The highest BCUT2D eigenvalue weighted by molar-refractivity contribution is 5.70. The minimum Gasteiger partial charge on any atom is -0.496 e. The van der Waals surface area contributed by atoms with E-state index in [0.29, 0.717) is 5.75 Å². The molecular formula is C17H21NO2. The molecule has 0 heterocycles. The van der Waals surface area contributed by atoms with Crippen LogP contribution < -0.4 is 9.64 Å². The molecule has 0 aliphatic rings. The molecule has 0 radical (unpaired) electrons. The molecule has 2 aromatic carbocycles. The number of aliphatic hydroxyl groups excluding tert-OH is 1. The van der Waals surface area contributed by atoms with Crippen LogP contribution in [-0.4, -0.2) is 19.3 Å². The van der Waals surface area contributed by atoms with Crippen molar-refractivity contribution in [3.63, 3.8) is 0 Å². The van der Waals surface area contributed by atoms with Crippen LogP contribution in [-0.2, 0) is 0 Å². The highest BCUT2D eigenvalue weighted by atomic mass is 16.5. The zero-order chi connectivity index (χ0) is 14.7. The third-order valence-electron chi connectivity index (χ3n) is 3.52. The molecule has 0 saturated carbocycles. The zero-order valence-electron chi connectivity index (χ0n) is 12.4. The third kappa shape index (κ3) is 2.63. The molecule has 1 atom stereocenters. The minimum absolute atomic E-state index is 0.590. The number of nitrogens with zero attached hydrogens (tertiary/aromatic N) is 1. The van der Waals surface area contributed by atoms with Gasteiger partial charge in [0.25, 0.3) is 0 Å². The monoisotopic (exact) mass is 271 g/mol. The Hall–Kier alpha value is -2.00. The summed E-state index contributed by atoms with van der Waals surface area (Å²) in [6.07, 6.45) is -0.590. The predicted octanol–water partition coefficient (Wildman–Crippen LogP) is 3.82. The lowest BCUT2D eigenvalue weighted by atomic mass is 10.0. The first kappa shape index (κ1) is 14.4. The number of methoxy groups -OCH3 is 1. The maximum Gasteiger partial charge on any atom is 0.126 e. The summed E-state index contributed by atoms with van der Waals surface area (Å²) in [6, 6.07) is 14.0. The Kier molecular flexibility index (Phi) is 4.30. The molecule has 0 saturated heterocycles. The smallest absolute Gasteiger partial charge is 0.126 e. The van der Waals surface area contributed by atoms with Gasteiger partial charge in [0.05, 0.1) is 18.9 Å². The molecule has 20 heavy (non-hydrogen) atoms. The van der Waals surface area contributed by atoms with Gasteiger partial charge >= 0.3 is 0 Å². The van der Waals surface area contributed by atoms with Crippen LogP contribution in [0.2, 0.25) is 0 Å². The van der Waals surface area contributed by atoms with Crippen LogP contribution in [0.1, 0.15) is 24.2 Å². The second-order valence-electron chi connectivity index (χ2n) is 4.91. The summed E-state index contributed by atoms with van der Waals surface area (Å²) >= 11 is 0. The first-order valence-electron chi connectivity index (χ1n) is 6.70. The quantitative estimate of drug-likeness (QED) is 0.917. The van der Waals surface area contributed by atoms with E-state index in [2.05, 4.69) is 24.0 Å². The first-order chi connectivity index (χ1) is 9.56. The lowest BCUT2D eigenvalue weighted by Crippen LogP contribution is -2.14. The first-order valence-corrected chi connectivity index (χ1v) is 6.70. The Balaban J connectivity index is 2.55. The van der Waals surface area contributed by atoms with E-state index in [1.54, 1.807) is 14.0 Å². The summed E-state index contributed by atoms with van der Waals surface area (Å²) < 4.78 is 5.38. The highest BCUT2D eigenvalue weighted by Gasteiger charge is 2.18.